The first kappa shape index (κ1) is 33.9. The molecule has 1 aliphatic carbocycles. The van der Waals surface area contributed by atoms with Gasteiger partial charge in [-0.1, -0.05) is 116 Å². The predicted molar refractivity (Wildman–Crippen MR) is 217 cm³/mol. The van der Waals surface area contributed by atoms with Crippen LogP contribution in [0.25, 0.3) is 21.9 Å². The van der Waals surface area contributed by atoms with E-state index in [9.17, 15) is 5.11 Å². The van der Waals surface area contributed by atoms with Crippen molar-refractivity contribution in [2.45, 2.75) is 60.8 Å². The number of anilines is 3. The first-order valence-electron chi connectivity index (χ1n) is 18.2. The number of aryl methyl sites for hydroxylation is 6. The molecule has 8 rings (SSSR count). The van der Waals surface area contributed by atoms with Crippen molar-refractivity contribution in [3.05, 3.63) is 189 Å². The topological polar surface area (TPSA) is 23.5 Å². The van der Waals surface area contributed by atoms with Crippen molar-refractivity contribution >= 4 is 27.8 Å². The lowest BCUT2D eigenvalue weighted by Gasteiger charge is -2.35. The van der Waals surface area contributed by atoms with E-state index in [-0.39, 0.29) is 5.75 Å². The van der Waals surface area contributed by atoms with Crippen LogP contribution in [0.3, 0.4) is 0 Å². The number of phenolic OH excluding ortho intramolecular Hbond substituents is 1. The first-order chi connectivity index (χ1) is 24.7. The van der Waals surface area contributed by atoms with Gasteiger partial charge in [-0.25, -0.2) is 0 Å². The van der Waals surface area contributed by atoms with Crippen LogP contribution in [0.2, 0.25) is 0 Å². The van der Waals surface area contributed by atoms with Crippen LogP contribution in [0.15, 0.2) is 133 Å². The van der Waals surface area contributed by atoms with E-state index in [1.165, 1.54) is 72.0 Å². The van der Waals surface area contributed by atoms with E-state index >= 15 is 0 Å². The van der Waals surface area contributed by atoms with E-state index in [4.69, 9.17) is 0 Å². The Morgan fingerprint density at radius 3 is 1.57 bits per heavy atom. The number of fused-ring (bicyclic) bond motifs is 5. The summed E-state index contributed by atoms with van der Waals surface area (Å²) in [4.78, 5) is 2.45. The molecule has 0 radical (unpaired) electrons. The minimum absolute atomic E-state index is 0.264. The Kier molecular flexibility index (Phi) is 8.81. The van der Waals surface area contributed by atoms with Crippen LogP contribution in [-0.4, -0.2) is 5.11 Å². The highest BCUT2D eigenvalue weighted by molar-refractivity contribution is 6.11. The Bertz CT molecular complexity index is 2300. The van der Waals surface area contributed by atoms with Crippen LogP contribution in [0, 0.1) is 41.5 Å². The third kappa shape index (κ3) is 5.51. The maximum Gasteiger partial charge on any atom is 0.115 e. The number of rotatable bonds is 5. The number of hydrogen-bond acceptors (Lipinski definition) is 2. The maximum absolute atomic E-state index is 10.5. The molecule has 0 fully saturated rings. The van der Waals surface area contributed by atoms with Gasteiger partial charge in [-0.3, -0.25) is 0 Å². The third-order valence-electron chi connectivity index (χ3n) is 10.8. The molecular formula is C49H47NO. The molecule has 0 saturated heterocycles. The minimum Gasteiger partial charge on any atom is -0.508 e. The first-order valence-corrected chi connectivity index (χ1v) is 18.2. The van der Waals surface area contributed by atoms with Crippen molar-refractivity contribution in [3.8, 4) is 16.9 Å². The molecule has 0 amide bonds. The van der Waals surface area contributed by atoms with Crippen molar-refractivity contribution in [3.63, 3.8) is 0 Å². The quantitative estimate of drug-likeness (QED) is 0.198. The van der Waals surface area contributed by atoms with Gasteiger partial charge in [-0.15, -0.1) is 0 Å². The van der Waals surface area contributed by atoms with E-state index in [0.717, 1.165) is 22.6 Å². The van der Waals surface area contributed by atoms with Crippen LogP contribution in [0.1, 0.15) is 69.5 Å². The van der Waals surface area contributed by atoms with Crippen LogP contribution in [0.4, 0.5) is 17.1 Å². The van der Waals surface area contributed by atoms with Gasteiger partial charge in [0, 0.05) is 16.8 Å². The second-order valence-corrected chi connectivity index (χ2v) is 13.9. The lowest BCUT2D eigenvalue weighted by Crippen LogP contribution is -2.29. The fourth-order valence-electron chi connectivity index (χ4n) is 7.92. The monoisotopic (exact) mass is 665 g/mol. The summed E-state index contributed by atoms with van der Waals surface area (Å²) < 4.78 is 0. The van der Waals surface area contributed by atoms with E-state index in [1.54, 1.807) is 0 Å². The molecule has 1 atom stereocenters. The molecule has 0 heterocycles. The number of phenols is 1. The molecule has 7 aromatic carbocycles. The Labute approximate surface area is 303 Å². The summed E-state index contributed by atoms with van der Waals surface area (Å²) in [6.07, 6.45) is 0. The summed E-state index contributed by atoms with van der Waals surface area (Å²) in [5, 5.41) is 12.9. The Morgan fingerprint density at radius 1 is 0.471 bits per heavy atom. The highest BCUT2D eigenvalue weighted by Gasteiger charge is 2.47. The number of aromatic hydroxyl groups is 1. The normalized spacial score (nSPS) is 14.4. The van der Waals surface area contributed by atoms with Gasteiger partial charge in [0.15, 0.2) is 0 Å². The van der Waals surface area contributed by atoms with E-state index < -0.39 is 5.41 Å². The SMILES string of the molecule is CC.Cc1ccc(C2(c3ccc(O)cc3)c3cc(C)ccc3-c3c2cc(N(c2ccc(C)c(C)c2)c2ccc(C)c(C)c2)c2ccccc32)cc1. The van der Waals surface area contributed by atoms with Crippen LogP contribution < -0.4 is 4.90 Å². The molecule has 2 heteroatoms. The van der Waals surface area contributed by atoms with Crippen molar-refractivity contribution in [1.29, 1.82) is 0 Å². The molecular weight excluding hydrogens is 619 g/mol. The van der Waals surface area contributed by atoms with Gasteiger partial charge in [0.25, 0.3) is 0 Å². The highest BCUT2D eigenvalue weighted by Crippen LogP contribution is 2.60. The van der Waals surface area contributed by atoms with E-state index in [0.29, 0.717) is 0 Å². The minimum atomic E-state index is -0.616. The van der Waals surface area contributed by atoms with Gasteiger partial charge in [0.2, 0.25) is 0 Å². The Hall–Kier alpha value is -5.60. The van der Waals surface area contributed by atoms with E-state index in [2.05, 4.69) is 168 Å². The molecule has 51 heavy (non-hydrogen) atoms. The molecule has 0 saturated carbocycles. The second-order valence-electron chi connectivity index (χ2n) is 13.9. The van der Waals surface area contributed by atoms with Gasteiger partial charge >= 0.3 is 0 Å². The van der Waals surface area contributed by atoms with Gasteiger partial charge in [-0.05, 0) is 145 Å². The molecule has 1 unspecified atom stereocenters. The van der Waals surface area contributed by atoms with Crippen LogP contribution >= 0.6 is 0 Å². The molecule has 0 aromatic heterocycles. The summed E-state index contributed by atoms with van der Waals surface area (Å²) in [7, 11) is 0. The number of benzene rings is 7. The summed E-state index contributed by atoms with van der Waals surface area (Å²) in [6, 6.07) is 48.8. The molecule has 0 aliphatic heterocycles. The Balaban J connectivity index is 0.00000200. The number of hydrogen-bond donors (Lipinski definition) is 1. The molecule has 1 N–H and O–H groups in total. The molecule has 1 aliphatic rings. The van der Waals surface area contributed by atoms with Gasteiger partial charge < -0.3 is 10.0 Å². The summed E-state index contributed by atoms with van der Waals surface area (Å²) >= 11 is 0. The molecule has 0 spiro atoms. The van der Waals surface area contributed by atoms with Crippen molar-refractivity contribution < 1.29 is 5.11 Å². The summed E-state index contributed by atoms with van der Waals surface area (Å²) in [6.45, 7) is 17.1. The van der Waals surface area contributed by atoms with Crippen molar-refractivity contribution in [1.82, 2.24) is 0 Å². The standard InChI is InChI=1S/C47H41NO.C2H6/c1-29-11-16-35(17-12-29)47(36-18-22-39(49)23-19-36)43-25-30(2)13-24-42(43)46-41-10-8-7-9-40(41)45(28-44(46)47)48(37-20-14-31(3)33(5)26-37)38-21-15-32(4)34(6)27-38;1-2/h7-28,49H,1-6H3;1-2H3. The van der Waals surface area contributed by atoms with Gasteiger partial charge in [-0.2, -0.15) is 0 Å². The molecule has 2 nitrogen and oxygen atoms in total. The Morgan fingerprint density at radius 2 is 1.00 bits per heavy atom. The molecule has 0 bridgehead atoms. The van der Waals surface area contributed by atoms with Crippen LogP contribution in [0.5, 0.6) is 5.75 Å². The van der Waals surface area contributed by atoms with Crippen LogP contribution in [-0.2, 0) is 5.41 Å². The molecule has 7 aromatic rings. The molecule has 254 valence electrons. The van der Waals surface area contributed by atoms with Crippen molar-refractivity contribution in [2.24, 2.45) is 0 Å². The fourth-order valence-corrected chi connectivity index (χ4v) is 7.92. The third-order valence-corrected chi connectivity index (χ3v) is 10.8. The maximum atomic E-state index is 10.5. The zero-order chi connectivity index (χ0) is 36.0. The average molecular weight is 666 g/mol. The highest BCUT2D eigenvalue weighted by atomic mass is 16.3. The largest absolute Gasteiger partial charge is 0.508 e. The summed E-state index contributed by atoms with van der Waals surface area (Å²) in [5.74, 6) is 0.264. The summed E-state index contributed by atoms with van der Waals surface area (Å²) in [5.41, 5.74) is 17.7. The zero-order valence-electron chi connectivity index (χ0n) is 31.1. The average Bonchev–Trinajstić information content (AvgIpc) is 3.43. The second kappa shape index (κ2) is 13.3. The lowest BCUT2D eigenvalue weighted by molar-refractivity contribution is 0.475. The fraction of sp³-hybridized carbons (Fsp3) is 0.184. The lowest BCUT2D eigenvalue weighted by atomic mass is 9.67. The van der Waals surface area contributed by atoms with Crippen molar-refractivity contribution in [2.75, 3.05) is 4.90 Å². The van der Waals surface area contributed by atoms with Gasteiger partial charge in [0.1, 0.15) is 5.75 Å². The number of nitrogens with zero attached hydrogens (tertiary/aromatic N) is 1. The zero-order valence-corrected chi connectivity index (χ0v) is 31.1. The smallest absolute Gasteiger partial charge is 0.115 e. The van der Waals surface area contributed by atoms with Gasteiger partial charge in [0.05, 0.1) is 11.1 Å². The predicted octanol–water partition coefficient (Wildman–Crippen LogP) is 13.3. The van der Waals surface area contributed by atoms with E-state index in [1.807, 2.05) is 26.0 Å².